The van der Waals surface area contributed by atoms with Crippen molar-refractivity contribution in [3.05, 3.63) is 102 Å². The maximum atomic E-state index is 12.3. The summed E-state index contributed by atoms with van der Waals surface area (Å²) in [6.07, 6.45) is 1.70. The molecule has 0 amide bonds. The van der Waals surface area contributed by atoms with Crippen molar-refractivity contribution in [3.8, 4) is 5.75 Å². The van der Waals surface area contributed by atoms with Crippen LogP contribution in [0.1, 0.15) is 16.7 Å². The summed E-state index contributed by atoms with van der Waals surface area (Å²) >= 11 is 4.52. The Bertz CT molecular complexity index is 1120. The van der Waals surface area contributed by atoms with E-state index in [0.717, 1.165) is 23.8 Å². The van der Waals surface area contributed by atoms with Gasteiger partial charge in [0, 0.05) is 23.8 Å². The quantitative estimate of drug-likeness (QED) is 0.209. The molecule has 3 aromatic carbocycles. The second-order valence-corrected chi connectivity index (χ2v) is 8.67. The first-order valence-electron chi connectivity index (χ1n) is 8.84. The van der Waals surface area contributed by atoms with E-state index in [1.165, 1.54) is 0 Å². The molecule has 0 unspecified atom stereocenters. The first kappa shape index (κ1) is 20.1. The lowest BCUT2D eigenvalue weighted by Crippen LogP contribution is -2.05. The lowest BCUT2D eigenvalue weighted by atomic mass is 10.1. The van der Waals surface area contributed by atoms with Crippen molar-refractivity contribution >= 4 is 63.1 Å². The van der Waals surface area contributed by atoms with Crippen LogP contribution in [0.3, 0.4) is 0 Å². The van der Waals surface area contributed by atoms with Crippen molar-refractivity contribution in [3.63, 3.8) is 0 Å². The highest BCUT2D eigenvalue weighted by atomic mass is 127. The molecule has 0 atom stereocenters. The van der Waals surface area contributed by atoms with Gasteiger partial charge in [-0.05, 0) is 87.7 Å². The average molecular weight is 607 g/mol. The van der Waals surface area contributed by atoms with Crippen molar-refractivity contribution < 1.29 is 14.3 Å². The monoisotopic (exact) mass is 607 g/mol. The zero-order valence-corrected chi connectivity index (χ0v) is 19.5. The molecule has 3 aromatic rings. The van der Waals surface area contributed by atoms with E-state index < -0.39 is 5.97 Å². The van der Waals surface area contributed by atoms with Crippen LogP contribution in [0.15, 0.2) is 83.5 Å². The Kier molecular flexibility index (Phi) is 6.29. The van der Waals surface area contributed by atoms with Crippen molar-refractivity contribution in [2.75, 3.05) is 0 Å². The molecular weight excluding hydrogens is 592 g/mol. The Balaban J connectivity index is 1.58. The van der Waals surface area contributed by atoms with Gasteiger partial charge in [0.15, 0.2) is 5.70 Å². The summed E-state index contributed by atoms with van der Waals surface area (Å²) < 4.78 is 13.6. The van der Waals surface area contributed by atoms with Crippen molar-refractivity contribution in [2.24, 2.45) is 4.99 Å². The summed E-state index contributed by atoms with van der Waals surface area (Å²) in [5.41, 5.74) is 2.90. The number of halogens is 2. The third kappa shape index (κ3) is 4.87. The van der Waals surface area contributed by atoms with Crippen LogP contribution in [0.25, 0.3) is 6.08 Å². The predicted molar refractivity (Wildman–Crippen MR) is 130 cm³/mol. The van der Waals surface area contributed by atoms with Crippen LogP contribution in [0.5, 0.6) is 5.75 Å². The Morgan fingerprint density at radius 1 is 0.931 bits per heavy atom. The highest BCUT2D eigenvalue weighted by Crippen LogP contribution is 2.26. The number of hydrogen-bond donors (Lipinski definition) is 0. The molecule has 4 rings (SSSR count). The summed E-state index contributed by atoms with van der Waals surface area (Å²) in [6, 6.07) is 23.3. The largest absolute Gasteiger partial charge is 0.488 e. The Morgan fingerprint density at radius 2 is 1.66 bits per heavy atom. The fraction of sp³-hybridized carbons (Fsp3) is 0.0435. The number of aliphatic imine (C=N–C) groups is 1. The normalized spacial score (nSPS) is 14.6. The fourth-order valence-electron chi connectivity index (χ4n) is 2.77. The van der Waals surface area contributed by atoms with E-state index in [9.17, 15) is 4.79 Å². The molecule has 0 aliphatic carbocycles. The van der Waals surface area contributed by atoms with Crippen molar-refractivity contribution in [1.29, 1.82) is 0 Å². The molecule has 0 spiro atoms. The SMILES string of the molecule is O=C1OC(c2ccc(I)cc2)=N/C1=C\c1ccccc1OCc1ccccc1I. The molecular formula is C23H15I2NO3. The standard InChI is InChI=1S/C23H15I2NO3/c24-18-11-9-15(10-12-18)22-26-20(23(27)29-22)13-16-5-2-4-8-21(16)28-14-17-6-1-3-7-19(17)25/h1-13H,14H2/b20-13-. The van der Waals surface area contributed by atoms with Crippen LogP contribution in [0, 0.1) is 7.14 Å². The summed E-state index contributed by atoms with van der Waals surface area (Å²) in [5, 5.41) is 0. The maximum absolute atomic E-state index is 12.3. The summed E-state index contributed by atoms with van der Waals surface area (Å²) in [5.74, 6) is 0.534. The van der Waals surface area contributed by atoms with E-state index in [0.29, 0.717) is 18.3 Å². The number of nitrogens with zero attached hydrogens (tertiary/aromatic N) is 1. The first-order chi connectivity index (χ1) is 14.1. The number of rotatable bonds is 5. The van der Waals surface area contributed by atoms with Crippen molar-refractivity contribution in [2.45, 2.75) is 6.61 Å². The minimum absolute atomic E-state index is 0.254. The van der Waals surface area contributed by atoms with Gasteiger partial charge in [-0.25, -0.2) is 9.79 Å². The van der Waals surface area contributed by atoms with Crippen LogP contribution in [0.2, 0.25) is 0 Å². The molecule has 1 heterocycles. The Morgan fingerprint density at radius 3 is 2.45 bits per heavy atom. The summed E-state index contributed by atoms with van der Waals surface area (Å²) in [7, 11) is 0. The highest BCUT2D eigenvalue weighted by molar-refractivity contribution is 14.1. The van der Waals surface area contributed by atoms with Gasteiger partial charge in [0.1, 0.15) is 12.4 Å². The molecule has 0 saturated carbocycles. The predicted octanol–water partition coefficient (Wildman–Crippen LogP) is 5.82. The third-order valence-corrected chi connectivity index (χ3v) is 6.04. The van der Waals surface area contributed by atoms with E-state index in [1.807, 2.05) is 72.8 Å². The van der Waals surface area contributed by atoms with E-state index in [4.69, 9.17) is 9.47 Å². The second kappa shape index (κ2) is 9.08. The minimum atomic E-state index is -0.467. The average Bonchev–Trinajstić information content (AvgIpc) is 3.09. The first-order valence-corrected chi connectivity index (χ1v) is 11.0. The van der Waals surface area contributed by atoms with Gasteiger partial charge in [-0.15, -0.1) is 0 Å². The maximum Gasteiger partial charge on any atom is 0.363 e. The van der Waals surface area contributed by atoms with Gasteiger partial charge in [0.2, 0.25) is 5.90 Å². The molecule has 6 heteroatoms. The number of benzene rings is 3. The van der Waals surface area contributed by atoms with Gasteiger partial charge in [0.25, 0.3) is 0 Å². The molecule has 0 bridgehead atoms. The molecule has 0 saturated heterocycles. The molecule has 29 heavy (non-hydrogen) atoms. The molecule has 144 valence electrons. The fourth-order valence-corrected chi connectivity index (χ4v) is 3.68. The lowest BCUT2D eigenvalue weighted by Gasteiger charge is -2.10. The molecule has 0 radical (unpaired) electrons. The minimum Gasteiger partial charge on any atom is -0.488 e. The van der Waals surface area contributed by atoms with Gasteiger partial charge in [-0.3, -0.25) is 0 Å². The number of esters is 1. The van der Waals surface area contributed by atoms with Crippen LogP contribution in [-0.2, 0) is 16.1 Å². The molecule has 0 fully saturated rings. The smallest absolute Gasteiger partial charge is 0.363 e. The molecule has 0 aromatic heterocycles. The van der Waals surface area contributed by atoms with Gasteiger partial charge < -0.3 is 9.47 Å². The number of cyclic esters (lactones) is 1. The Labute approximate surface area is 195 Å². The van der Waals surface area contributed by atoms with Gasteiger partial charge in [0.05, 0.1) is 0 Å². The summed E-state index contributed by atoms with van der Waals surface area (Å²) in [4.78, 5) is 16.7. The van der Waals surface area contributed by atoms with Crippen LogP contribution in [-0.4, -0.2) is 11.9 Å². The second-order valence-electron chi connectivity index (χ2n) is 6.26. The topological polar surface area (TPSA) is 47.9 Å². The van der Waals surface area contributed by atoms with Gasteiger partial charge >= 0.3 is 5.97 Å². The van der Waals surface area contributed by atoms with Crippen molar-refractivity contribution in [1.82, 2.24) is 0 Å². The molecule has 1 aliphatic heterocycles. The Hall–Kier alpha value is -2.20. The van der Waals surface area contributed by atoms with E-state index in [-0.39, 0.29) is 5.70 Å². The van der Waals surface area contributed by atoms with E-state index in [1.54, 1.807) is 6.08 Å². The van der Waals surface area contributed by atoms with Crippen LogP contribution < -0.4 is 4.74 Å². The number of carbonyl (C=O) groups is 1. The lowest BCUT2D eigenvalue weighted by molar-refractivity contribution is -0.129. The molecule has 0 N–H and O–H groups in total. The third-order valence-electron chi connectivity index (χ3n) is 4.26. The van der Waals surface area contributed by atoms with E-state index >= 15 is 0 Å². The number of para-hydroxylation sites is 1. The number of hydrogen-bond acceptors (Lipinski definition) is 4. The molecule has 4 nitrogen and oxygen atoms in total. The number of carbonyl (C=O) groups excluding carboxylic acids is 1. The zero-order valence-electron chi connectivity index (χ0n) is 15.1. The van der Waals surface area contributed by atoms with Gasteiger partial charge in [-0.1, -0.05) is 36.4 Å². The van der Waals surface area contributed by atoms with Gasteiger partial charge in [-0.2, -0.15) is 0 Å². The highest BCUT2D eigenvalue weighted by Gasteiger charge is 2.24. The number of ether oxygens (including phenoxy) is 2. The zero-order chi connectivity index (χ0) is 20.2. The van der Waals surface area contributed by atoms with Crippen LogP contribution >= 0.6 is 45.2 Å². The van der Waals surface area contributed by atoms with Crippen LogP contribution in [0.4, 0.5) is 0 Å². The van der Waals surface area contributed by atoms with E-state index in [2.05, 4.69) is 50.2 Å². The summed E-state index contributed by atoms with van der Waals surface area (Å²) in [6.45, 7) is 0.445. The molecule has 1 aliphatic rings.